The molecule has 1 atom stereocenters. The van der Waals surface area contributed by atoms with Crippen molar-refractivity contribution in [3.05, 3.63) is 105 Å². The highest BCUT2D eigenvalue weighted by molar-refractivity contribution is 9.10. The zero-order valence-electron chi connectivity index (χ0n) is 17.8. The number of nitrogens with two attached hydrogens (primary N) is 1. The molecular weight excluding hydrogens is 503 g/mol. The van der Waals surface area contributed by atoms with Crippen LogP contribution < -0.4 is 15.2 Å². The van der Waals surface area contributed by atoms with Crippen LogP contribution >= 0.6 is 15.9 Å². The van der Waals surface area contributed by atoms with Gasteiger partial charge in [-0.15, -0.1) is 0 Å². The van der Waals surface area contributed by atoms with Crippen molar-refractivity contribution >= 4 is 32.9 Å². The van der Waals surface area contributed by atoms with Crippen molar-refractivity contribution in [1.82, 2.24) is 0 Å². The highest BCUT2D eigenvalue weighted by atomic mass is 79.9. The first-order valence-electron chi connectivity index (χ1n) is 10.2. The summed E-state index contributed by atoms with van der Waals surface area (Å²) in [7, 11) is 0. The third-order valence-corrected chi connectivity index (χ3v) is 6.16. The average Bonchev–Trinajstić information content (AvgIpc) is 3.14. The Bertz CT molecular complexity index is 1550. The Morgan fingerprint density at radius 3 is 2.76 bits per heavy atom. The maximum atomic E-state index is 13.9. The molecular formula is C26H16BrFN2O4. The van der Waals surface area contributed by atoms with Gasteiger partial charge in [0, 0.05) is 27.1 Å². The number of nitriles is 1. The van der Waals surface area contributed by atoms with Gasteiger partial charge in [0.05, 0.1) is 5.92 Å². The van der Waals surface area contributed by atoms with Crippen LogP contribution in [0.4, 0.5) is 4.39 Å². The molecule has 0 aliphatic carbocycles. The molecule has 34 heavy (non-hydrogen) atoms. The number of rotatable bonds is 3. The molecule has 5 rings (SSSR count). The lowest BCUT2D eigenvalue weighted by atomic mass is 9.83. The van der Waals surface area contributed by atoms with E-state index < -0.39 is 17.7 Å². The molecule has 4 aromatic rings. The molecule has 0 saturated heterocycles. The van der Waals surface area contributed by atoms with Crippen molar-refractivity contribution in [3.63, 3.8) is 0 Å². The van der Waals surface area contributed by atoms with Gasteiger partial charge in [-0.25, -0.2) is 9.18 Å². The number of ether oxygens (including phenoxy) is 2. The fraction of sp³-hybridized carbons (Fsp3) is 0.0769. The van der Waals surface area contributed by atoms with E-state index in [0.29, 0.717) is 28.0 Å². The van der Waals surface area contributed by atoms with Gasteiger partial charge in [0.15, 0.2) is 0 Å². The largest absolute Gasteiger partial charge is 0.449 e. The van der Waals surface area contributed by atoms with Crippen molar-refractivity contribution in [2.24, 2.45) is 5.73 Å². The van der Waals surface area contributed by atoms with Crippen molar-refractivity contribution in [1.29, 1.82) is 5.26 Å². The van der Waals surface area contributed by atoms with Crippen LogP contribution in [0.2, 0.25) is 0 Å². The van der Waals surface area contributed by atoms with E-state index in [0.717, 1.165) is 9.86 Å². The van der Waals surface area contributed by atoms with Crippen LogP contribution in [0.15, 0.2) is 81.0 Å². The minimum Gasteiger partial charge on any atom is -0.449 e. The van der Waals surface area contributed by atoms with E-state index >= 15 is 0 Å². The SMILES string of the molecule is Cc1c(C(=O)Oc2ccc3c(c2)OC(N)=C(C#N)C3c2cccc(F)c2)oc2ccc(Br)cc12. The summed E-state index contributed by atoms with van der Waals surface area (Å²) in [5, 5.41) is 10.4. The molecule has 2 heterocycles. The lowest BCUT2D eigenvalue weighted by molar-refractivity contribution is 0.0702. The number of fused-ring (bicyclic) bond motifs is 2. The van der Waals surface area contributed by atoms with Crippen LogP contribution in [0, 0.1) is 24.1 Å². The Labute approximate surface area is 202 Å². The number of aryl methyl sites for hydroxylation is 1. The molecule has 0 fully saturated rings. The number of carbonyl (C=O) groups is 1. The van der Waals surface area contributed by atoms with Crippen LogP contribution in [0.5, 0.6) is 11.5 Å². The monoisotopic (exact) mass is 518 g/mol. The third-order valence-electron chi connectivity index (χ3n) is 5.67. The number of halogens is 2. The molecule has 1 aliphatic heterocycles. The zero-order valence-corrected chi connectivity index (χ0v) is 19.4. The predicted molar refractivity (Wildman–Crippen MR) is 126 cm³/mol. The zero-order chi connectivity index (χ0) is 24.0. The highest BCUT2D eigenvalue weighted by Crippen LogP contribution is 2.43. The minimum absolute atomic E-state index is 0.0913. The second-order valence-electron chi connectivity index (χ2n) is 7.77. The van der Waals surface area contributed by atoms with E-state index in [4.69, 9.17) is 19.6 Å². The Balaban J connectivity index is 1.50. The third kappa shape index (κ3) is 3.70. The number of benzene rings is 3. The summed E-state index contributed by atoms with van der Waals surface area (Å²) in [4.78, 5) is 12.9. The molecule has 1 aliphatic rings. The fourth-order valence-electron chi connectivity index (χ4n) is 4.07. The molecule has 0 bridgehead atoms. The standard InChI is InChI=1S/C26H16BrFN2O4/c1-13-19-10-15(27)5-8-21(19)33-24(13)26(31)32-17-6-7-18-22(11-17)34-25(30)20(12-29)23(18)14-3-2-4-16(28)9-14/h2-11,23H,30H2,1H3. The molecule has 0 spiro atoms. The minimum atomic E-state index is -0.663. The Morgan fingerprint density at radius 1 is 1.18 bits per heavy atom. The Morgan fingerprint density at radius 2 is 2.00 bits per heavy atom. The first kappa shape index (κ1) is 21.7. The number of nitrogens with zero attached hydrogens (tertiary/aromatic N) is 1. The summed E-state index contributed by atoms with van der Waals surface area (Å²) in [5.74, 6) is -1.20. The second kappa shape index (κ2) is 8.36. The molecule has 0 radical (unpaired) electrons. The van der Waals surface area contributed by atoms with E-state index in [2.05, 4.69) is 22.0 Å². The molecule has 0 amide bonds. The summed E-state index contributed by atoms with van der Waals surface area (Å²) >= 11 is 3.41. The number of hydrogen-bond acceptors (Lipinski definition) is 6. The summed E-state index contributed by atoms with van der Waals surface area (Å²) in [6.07, 6.45) is 0. The first-order valence-corrected chi connectivity index (χ1v) is 11.0. The molecule has 8 heteroatoms. The van der Waals surface area contributed by atoms with E-state index in [1.54, 1.807) is 37.3 Å². The highest BCUT2D eigenvalue weighted by Gasteiger charge is 2.31. The molecule has 1 aromatic heterocycles. The van der Waals surface area contributed by atoms with Gasteiger partial charge in [0.1, 0.15) is 34.5 Å². The smallest absolute Gasteiger partial charge is 0.379 e. The van der Waals surface area contributed by atoms with E-state index in [-0.39, 0.29) is 23.0 Å². The lowest BCUT2D eigenvalue weighted by Gasteiger charge is -2.26. The molecule has 168 valence electrons. The van der Waals surface area contributed by atoms with E-state index in [9.17, 15) is 14.4 Å². The first-order chi connectivity index (χ1) is 16.4. The molecule has 2 N–H and O–H groups in total. The van der Waals surface area contributed by atoms with Crippen LogP contribution in [0.3, 0.4) is 0 Å². The van der Waals surface area contributed by atoms with Crippen molar-refractivity contribution in [2.75, 3.05) is 0 Å². The summed E-state index contributed by atoms with van der Waals surface area (Å²) in [6, 6.07) is 18.2. The average molecular weight is 519 g/mol. The number of allylic oxidation sites excluding steroid dienone is 1. The quantitative estimate of drug-likeness (QED) is 0.260. The Kier molecular flexibility index (Phi) is 5.34. The number of hydrogen-bond donors (Lipinski definition) is 1. The molecule has 0 saturated carbocycles. The fourth-order valence-corrected chi connectivity index (χ4v) is 4.43. The molecule has 1 unspecified atom stereocenters. The van der Waals surface area contributed by atoms with E-state index in [1.807, 2.05) is 12.1 Å². The summed E-state index contributed by atoms with van der Waals surface area (Å²) < 4.78 is 31.7. The molecule has 6 nitrogen and oxygen atoms in total. The topological polar surface area (TPSA) is 98.5 Å². The van der Waals surface area contributed by atoms with Gasteiger partial charge in [-0.1, -0.05) is 34.1 Å². The van der Waals surface area contributed by atoms with Gasteiger partial charge in [0.2, 0.25) is 11.6 Å². The maximum absolute atomic E-state index is 13.9. The van der Waals surface area contributed by atoms with Crippen LogP contribution in [-0.4, -0.2) is 5.97 Å². The van der Waals surface area contributed by atoms with Crippen molar-refractivity contribution in [2.45, 2.75) is 12.8 Å². The predicted octanol–water partition coefficient (Wildman–Crippen LogP) is 6.08. The lowest BCUT2D eigenvalue weighted by Crippen LogP contribution is -2.21. The summed E-state index contributed by atoms with van der Waals surface area (Å²) in [5.41, 5.74) is 8.56. The number of furan rings is 1. The maximum Gasteiger partial charge on any atom is 0.379 e. The van der Waals surface area contributed by atoms with Gasteiger partial charge in [-0.05, 0) is 48.9 Å². The summed E-state index contributed by atoms with van der Waals surface area (Å²) in [6.45, 7) is 1.78. The Hall–Kier alpha value is -4.09. The van der Waals surface area contributed by atoms with Crippen LogP contribution in [0.25, 0.3) is 11.0 Å². The van der Waals surface area contributed by atoms with Crippen molar-refractivity contribution in [3.8, 4) is 17.6 Å². The van der Waals surface area contributed by atoms with Gasteiger partial charge >= 0.3 is 5.97 Å². The van der Waals surface area contributed by atoms with E-state index in [1.165, 1.54) is 18.2 Å². The number of carbonyl (C=O) groups excluding carboxylic acids is 1. The van der Waals surface area contributed by atoms with Crippen molar-refractivity contribution < 1.29 is 23.1 Å². The van der Waals surface area contributed by atoms with Gasteiger partial charge in [-0.2, -0.15) is 5.26 Å². The van der Waals surface area contributed by atoms with Crippen LogP contribution in [0.1, 0.15) is 33.2 Å². The number of esters is 1. The molecule has 3 aromatic carbocycles. The second-order valence-corrected chi connectivity index (χ2v) is 8.68. The van der Waals surface area contributed by atoms with Gasteiger partial charge in [-0.3, -0.25) is 0 Å². The van der Waals surface area contributed by atoms with Gasteiger partial charge < -0.3 is 19.6 Å². The van der Waals surface area contributed by atoms with Crippen LogP contribution in [-0.2, 0) is 0 Å². The normalized spacial score (nSPS) is 14.9. The van der Waals surface area contributed by atoms with Gasteiger partial charge in [0.25, 0.3) is 0 Å².